The Morgan fingerprint density at radius 3 is 2.90 bits per heavy atom. The highest BCUT2D eigenvalue weighted by molar-refractivity contribution is 8.15. The lowest BCUT2D eigenvalue weighted by molar-refractivity contribution is -0.143. The number of carbonyl (C=O) groups excluding carboxylic acids is 1. The van der Waals surface area contributed by atoms with Gasteiger partial charge in [-0.25, -0.2) is 0 Å². The van der Waals surface area contributed by atoms with Crippen molar-refractivity contribution in [3.05, 3.63) is 46.5 Å². The van der Waals surface area contributed by atoms with E-state index in [0.29, 0.717) is 23.7 Å². The van der Waals surface area contributed by atoms with Gasteiger partial charge in [0.15, 0.2) is 0 Å². The molecule has 110 valence electrons. The van der Waals surface area contributed by atoms with E-state index in [-0.39, 0.29) is 10.4 Å². The van der Waals surface area contributed by atoms with E-state index in [1.54, 1.807) is 30.3 Å². The van der Waals surface area contributed by atoms with E-state index in [1.807, 2.05) is 4.90 Å². The van der Waals surface area contributed by atoms with E-state index >= 15 is 0 Å². The Morgan fingerprint density at radius 1 is 1.43 bits per heavy atom. The summed E-state index contributed by atoms with van der Waals surface area (Å²) in [7, 11) is 0. The summed E-state index contributed by atoms with van der Waals surface area (Å²) in [4.78, 5) is 25.1. The predicted octanol–water partition coefficient (Wildman–Crippen LogP) is 2.74. The second kappa shape index (κ2) is 5.83. The van der Waals surface area contributed by atoms with Gasteiger partial charge in [-0.15, -0.1) is 0 Å². The van der Waals surface area contributed by atoms with E-state index in [1.165, 1.54) is 11.8 Å². The lowest BCUT2D eigenvalue weighted by Crippen LogP contribution is -2.41. The lowest BCUT2D eigenvalue weighted by Gasteiger charge is -2.35. The largest absolute Gasteiger partial charge is 0.480 e. The number of carboxylic acid groups (broad SMARTS) is 1. The first-order valence-corrected chi connectivity index (χ1v) is 7.94. The smallest absolute Gasteiger partial charge is 0.325 e. The molecule has 1 aromatic rings. The molecule has 1 unspecified atom stereocenters. The van der Waals surface area contributed by atoms with Crippen molar-refractivity contribution < 1.29 is 14.7 Å². The number of nitrogens with zero attached hydrogens (tertiary/aromatic N) is 1. The molecule has 1 aromatic carbocycles. The molecule has 1 N–H and O–H groups in total. The highest BCUT2D eigenvalue weighted by Gasteiger charge is 2.37. The number of halogens is 1. The first-order valence-electron chi connectivity index (χ1n) is 6.68. The number of aliphatic carboxylic acids is 1. The highest BCUT2D eigenvalue weighted by Crippen LogP contribution is 2.38. The number of likely N-dealkylation sites (tertiary alicyclic amines) is 1. The number of piperidine rings is 1. The summed E-state index contributed by atoms with van der Waals surface area (Å²) in [5.41, 5.74) is 1.62. The first kappa shape index (κ1) is 14.6. The summed E-state index contributed by atoms with van der Waals surface area (Å²) in [5.74, 6) is -0.917. The van der Waals surface area contributed by atoms with E-state index in [4.69, 9.17) is 11.6 Å². The molecule has 4 nitrogen and oxygen atoms in total. The standard InChI is InChI=1S/C15H14ClNO3S/c16-11-4-2-1-3-10(11)14(15(19)20)17-6-5-12-9(8-17)7-13(18)21-12/h1-4,7,12,14H,5-6,8H2,(H,19,20)/t12?,14-/m0/s1. The minimum Gasteiger partial charge on any atom is -0.480 e. The number of carbonyl (C=O) groups is 2. The van der Waals surface area contributed by atoms with Gasteiger partial charge < -0.3 is 5.11 Å². The number of thioether (sulfide) groups is 1. The van der Waals surface area contributed by atoms with Gasteiger partial charge >= 0.3 is 5.97 Å². The third kappa shape index (κ3) is 2.86. The average molecular weight is 324 g/mol. The van der Waals surface area contributed by atoms with Crippen molar-refractivity contribution in [1.82, 2.24) is 4.90 Å². The quantitative estimate of drug-likeness (QED) is 0.927. The molecule has 3 rings (SSSR count). The lowest BCUT2D eigenvalue weighted by atomic mass is 9.98. The van der Waals surface area contributed by atoms with Crippen LogP contribution in [0.3, 0.4) is 0 Å². The van der Waals surface area contributed by atoms with Gasteiger partial charge in [0.1, 0.15) is 6.04 Å². The van der Waals surface area contributed by atoms with E-state index in [2.05, 4.69) is 0 Å². The van der Waals surface area contributed by atoms with Crippen LogP contribution < -0.4 is 0 Å². The number of hydrogen-bond donors (Lipinski definition) is 1. The molecule has 0 saturated carbocycles. The second-order valence-electron chi connectivity index (χ2n) is 5.17. The molecule has 0 aliphatic carbocycles. The summed E-state index contributed by atoms with van der Waals surface area (Å²) < 4.78 is 0. The molecule has 1 saturated heterocycles. The molecule has 2 aliphatic rings. The molecule has 2 atom stereocenters. The maximum Gasteiger partial charge on any atom is 0.325 e. The van der Waals surface area contributed by atoms with Crippen molar-refractivity contribution in [3.63, 3.8) is 0 Å². The number of fused-ring (bicyclic) bond motifs is 1. The summed E-state index contributed by atoms with van der Waals surface area (Å²) in [6.07, 6.45) is 2.43. The van der Waals surface area contributed by atoms with Crippen LogP contribution in [0.1, 0.15) is 18.0 Å². The van der Waals surface area contributed by atoms with Gasteiger partial charge in [-0.05, 0) is 29.7 Å². The van der Waals surface area contributed by atoms with Crippen LogP contribution in [0.2, 0.25) is 5.02 Å². The van der Waals surface area contributed by atoms with Gasteiger partial charge in [-0.3, -0.25) is 14.5 Å². The molecule has 0 bridgehead atoms. The van der Waals surface area contributed by atoms with Crippen LogP contribution in [0.25, 0.3) is 0 Å². The maximum atomic E-state index is 11.7. The van der Waals surface area contributed by atoms with Gasteiger partial charge in [0.2, 0.25) is 5.12 Å². The van der Waals surface area contributed by atoms with Crippen LogP contribution in [0.4, 0.5) is 0 Å². The Morgan fingerprint density at radius 2 is 2.19 bits per heavy atom. The zero-order valence-electron chi connectivity index (χ0n) is 11.2. The summed E-state index contributed by atoms with van der Waals surface area (Å²) in [6, 6.07) is 6.25. The zero-order chi connectivity index (χ0) is 15.0. The monoisotopic (exact) mass is 323 g/mol. The van der Waals surface area contributed by atoms with Gasteiger partial charge in [-0.2, -0.15) is 0 Å². The number of benzene rings is 1. The van der Waals surface area contributed by atoms with Gasteiger partial charge in [0.25, 0.3) is 0 Å². The SMILES string of the molecule is O=C1C=C2CN([C@H](C(=O)O)c3ccccc3Cl)CCC2S1. The fraction of sp³-hybridized carbons (Fsp3) is 0.333. The van der Waals surface area contributed by atoms with Crippen LogP contribution in [0.15, 0.2) is 35.9 Å². The zero-order valence-corrected chi connectivity index (χ0v) is 12.7. The molecule has 21 heavy (non-hydrogen) atoms. The van der Waals surface area contributed by atoms with Crippen LogP contribution in [0.5, 0.6) is 0 Å². The Hall–Kier alpha value is -1.30. The average Bonchev–Trinajstić information content (AvgIpc) is 2.80. The molecule has 0 aromatic heterocycles. The molecule has 0 amide bonds. The van der Waals surface area contributed by atoms with Gasteiger partial charge in [-0.1, -0.05) is 41.6 Å². The topological polar surface area (TPSA) is 57.6 Å². The summed E-state index contributed by atoms with van der Waals surface area (Å²) in [6.45, 7) is 1.15. The third-order valence-corrected chi connectivity index (χ3v) is 5.36. The predicted molar refractivity (Wildman–Crippen MR) is 82.5 cm³/mol. The van der Waals surface area contributed by atoms with E-state index < -0.39 is 12.0 Å². The Bertz CT molecular complexity index is 631. The van der Waals surface area contributed by atoms with Gasteiger partial charge in [0, 0.05) is 23.4 Å². The molecule has 6 heteroatoms. The van der Waals surface area contributed by atoms with E-state index in [0.717, 1.165) is 12.0 Å². The maximum absolute atomic E-state index is 11.7. The molecule has 2 aliphatic heterocycles. The molecule has 0 spiro atoms. The summed E-state index contributed by atoms with van der Waals surface area (Å²) >= 11 is 7.49. The van der Waals surface area contributed by atoms with Gasteiger partial charge in [0.05, 0.1) is 0 Å². The fourth-order valence-electron chi connectivity index (χ4n) is 2.89. The highest BCUT2D eigenvalue weighted by atomic mass is 35.5. The normalized spacial score (nSPS) is 23.6. The number of hydrogen-bond acceptors (Lipinski definition) is 4. The minimum absolute atomic E-state index is 0.0708. The molecule has 2 heterocycles. The van der Waals surface area contributed by atoms with Crippen LogP contribution >= 0.6 is 23.4 Å². The Balaban J connectivity index is 1.89. The fourth-order valence-corrected chi connectivity index (χ4v) is 4.14. The molecule has 1 fully saturated rings. The first-order chi connectivity index (χ1) is 10.1. The van der Waals surface area contributed by atoms with E-state index in [9.17, 15) is 14.7 Å². The van der Waals surface area contributed by atoms with Crippen molar-refractivity contribution >= 4 is 34.4 Å². The van der Waals surface area contributed by atoms with Crippen LogP contribution in [-0.2, 0) is 9.59 Å². The number of rotatable bonds is 3. The molecular weight excluding hydrogens is 310 g/mol. The molecule has 0 radical (unpaired) electrons. The van der Waals surface area contributed by atoms with Crippen molar-refractivity contribution in [2.45, 2.75) is 17.7 Å². The minimum atomic E-state index is -0.917. The Kier molecular flexibility index (Phi) is 4.06. The summed E-state index contributed by atoms with van der Waals surface area (Å²) in [5, 5.41) is 10.3. The second-order valence-corrected chi connectivity index (χ2v) is 6.78. The van der Waals surface area contributed by atoms with Crippen molar-refractivity contribution in [2.24, 2.45) is 0 Å². The van der Waals surface area contributed by atoms with Crippen LogP contribution in [0, 0.1) is 0 Å². The third-order valence-electron chi connectivity index (χ3n) is 3.84. The van der Waals surface area contributed by atoms with Crippen molar-refractivity contribution in [2.75, 3.05) is 13.1 Å². The van der Waals surface area contributed by atoms with Crippen molar-refractivity contribution in [1.29, 1.82) is 0 Å². The Labute approximate surface area is 131 Å². The molecular formula is C15H14ClNO3S. The van der Waals surface area contributed by atoms with Crippen molar-refractivity contribution in [3.8, 4) is 0 Å². The number of carboxylic acids is 1. The van der Waals surface area contributed by atoms with Crippen LogP contribution in [-0.4, -0.2) is 39.4 Å².